The first kappa shape index (κ1) is 31.2. The van der Waals surface area contributed by atoms with Gasteiger partial charge >= 0.3 is 0 Å². The second kappa shape index (κ2) is 12.6. The number of para-hydroxylation sites is 5. The van der Waals surface area contributed by atoms with Crippen LogP contribution < -0.4 is 4.90 Å². The van der Waals surface area contributed by atoms with Crippen LogP contribution in [0.1, 0.15) is 0 Å². The maximum absolute atomic E-state index is 6.60. The smallest absolute Gasteiger partial charge is 0.143 e. The van der Waals surface area contributed by atoms with E-state index in [1.807, 2.05) is 6.07 Å². The molecular formula is C52H34N2O. The SMILES string of the molecule is c1ccc(-c2ccccc2N(c2ccc3c4ccccc4n(-c4ccccc4-c4cccc5c4oc4ccccc45)c3c2)c2cccc3ccccc23)cc1. The van der Waals surface area contributed by atoms with Gasteiger partial charge in [0, 0.05) is 49.3 Å². The van der Waals surface area contributed by atoms with Crippen molar-refractivity contribution in [3.63, 3.8) is 0 Å². The average Bonchev–Trinajstić information content (AvgIpc) is 3.80. The molecule has 2 aromatic heterocycles. The normalized spacial score (nSPS) is 11.6. The Morgan fingerprint density at radius 3 is 1.91 bits per heavy atom. The van der Waals surface area contributed by atoms with Gasteiger partial charge in [-0.1, -0.05) is 164 Å². The number of nitrogens with zero attached hydrogens (tertiary/aromatic N) is 2. The van der Waals surface area contributed by atoms with Gasteiger partial charge in [0.1, 0.15) is 11.2 Å². The van der Waals surface area contributed by atoms with E-state index in [0.29, 0.717) is 0 Å². The number of benzene rings is 9. The molecule has 3 heteroatoms. The van der Waals surface area contributed by atoms with E-state index in [2.05, 4.69) is 210 Å². The minimum Gasteiger partial charge on any atom is -0.455 e. The summed E-state index contributed by atoms with van der Waals surface area (Å²) in [5.41, 5.74) is 13.0. The first-order chi connectivity index (χ1) is 27.3. The minimum atomic E-state index is 0.897. The zero-order valence-electron chi connectivity index (χ0n) is 29.9. The summed E-state index contributed by atoms with van der Waals surface area (Å²) in [6.07, 6.45) is 0. The fraction of sp³-hybridized carbons (Fsp3) is 0. The molecule has 0 N–H and O–H groups in total. The number of fused-ring (bicyclic) bond motifs is 7. The highest BCUT2D eigenvalue weighted by atomic mass is 16.3. The number of hydrogen-bond acceptors (Lipinski definition) is 2. The van der Waals surface area contributed by atoms with E-state index in [9.17, 15) is 0 Å². The largest absolute Gasteiger partial charge is 0.455 e. The van der Waals surface area contributed by atoms with E-state index < -0.39 is 0 Å². The quantitative estimate of drug-likeness (QED) is 0.172. The number of rotatable bonds is 6. The van der Waals surface area contributed by atoms with E-state index in [1.165, 1.54) is 32.7 Å². The summed E-state index contributed by atoms with van der Waals surface area (Å²) in [5.74, 6) is 0. The van der Waals surface area contributed by atoms with E-state index in [4.69, 9.17) is 4.42 Å². The Bertz CT molecular complexity index is 3220. The number of aromatic nitrogens is 1. The highest BCUT2D eigenvalue weighted by molar-refractivity contribution is 6.13. The Morgan fingerprint density at radius 1 is 0.382 bits per heavy atom. The van der Waals surface area contributed by atoms with Gasteiger partial charge < -0.3 is 13.9 Å². The van der Waals surface area contributed by atoms with E-state index in [-0.39, 0.29) is 0 Å². The van der Waals surface area contributed by atoms with Crippen molar-refractivity contribution in [2.45, 2.75) is 0 Å². The van der Waals surface area contributed by atoms with Crippen LogP contribution in [-0.2, 0) is 0 Å². The molecule has 0 unspecified atom stereocenters. The van der Waals surface area contributed by atoms with Gasteiger partial charge in [0.2, 0.25) is 0 Å². The summed E-state index contributed by atoms with van der Waals surface area (Å²) < 4.78 is 9.04. The summed E-state index contributed by atoms with van der Waals surface area (Å²) in [4.78, 5) is 2.44. The fourth-order valence-electron chi connectivity index (χ4n) is 8.55. The van der Waals surface area contributed by atoms with E-state index >= 15 is 0 Å². The van der Waals surface area contributed by atoms with Crippen molar-refractivity contribution in [3.05, 3.63) is 206 Å². The number of hydrogen-bond donors (Lipinski definition) is 0. The summed E-state index contributed by atoms with van der Waals surface area (Å²) in [6, 6.07) is 74.0. The van der Waals surface area contributed by atoms with Gasteiger partial charge in [0.25, 0.3) is 0 Å². The Hall–Kier alpha value is -7.36. The molecule has 0 atom stereocenters. The standard InChI is InChI=1S/C52H34N2O/c1-2-16-35(17-3-1)38-21-6-10-27-46(38)53(47-30-14-19-36-18-4-5-20-39(36)47)37-32-33-42-40-22-7-11-28-48(40)54(50(42)34-37)49-29-12-8-23-41(49)44-25-15-26-45-43-24-9-13-31-51(43)55-52(44)45/h1-34H. The highest BCUT2D eigenvalue weighted by Crippen LogP contribution is 2.46. The molecule has 0 aliphatic rings. The lowest BCUT2D eigenvalue weighted by atomic mass is 10.00. The zero-order chi connectivity index (χ0) is 36.3. The predicted molar refractivity (Wildman–Crippen MR) is 231 cm³/mol. The van der Waals surface area contributed by atoms with Crippen molar-refractivity contribution in [1.29, 1.82) is 0 Å². The summed E-state index contributed by atoms with van der Waals surface area (Å²) in [6.45, 7) is 0. The van der Waals surface area contributed by atoms with Crippen molar-refractivity contribution in [2.75, 3.05) is 4.90 Å². The van der Waals surface area contributed by atoms with Gasteiger partial charge in [0.15, 0.2) is 0 Å². The van der Waals surface area contributed by atoms with Crippen LogP contribution in [0.3, 0.4) is 0 Å². The Labute approximate surface area is 318 Å². The predicted octanol–water partition coefficient (Wildman–Crippen LogP) is 14.6. The third-order valence-electron chi connectivity index (χ3n) is 11.0. The lowest BCUT2D eigenvalue weighted by Crippen LogP contribution is -2.12. The van der Waals surface area contributed by atoms with Crippen molar-refractivity contribution < 1.29 is 4.42 Å². The zero-order valence-corrected chi connectivity index (χ0v) is 29.9. The van der Waals surface area contributed by atoms with Crippen LogP contribution in [0.2, 0.25) is 0 Å². The minimum absolute atomic E-state index is 0.897. The Morgan fingerprint density at radius 2 is 1.00 bits per heavy atom. The molecular weight excluding hydrogens is 669 g/mol. The van der Waals surface area contributed by atoms with Gasteiger partial charge in [-0.2, -0.15) is 0 Å². The molecule has 0 spiro atoms. The summed E-state index contributed by atoms with van der Waals surface area (Å²) >= 11 is 0. The van der Waals surface area contributed by atoms with E-state index in [1.54, 1.807) is 0 Å². The second-order valence-corrected chi connectivity index (χ2v) is 14.1. The molecule has 2 heterocycles. The Balaban J connectivity index is 1.20. The van der Waals surface area contributed by atoms with Crippen LogP contribution in [0.4, 0.5) is 17.1 Å². The van der Waals surface area contributed by atoms with Crippen LogP contribution in [0.5, 0.6) is 0 Å². The van der Waals surface area contributed by atoms with Crippen LogP contribution in [-0.4, -0.2) is 4.57 Å². The van der Waals surface area contributed by atoms with Crippen LogP contribution in [0.25, 0.3) is 82.5 Å². The van der Waals surface area contributed by atoms with Crippen LogP contribution >= 0.6 is 0 Å². The number of anilines is 3. The molecule has 258 valence electrons. The molecule has 0 bridgehead atoms. The molecule has 0 aliphatic carbocycles. The highest BCUT2D eigenvalue weighted by Gasteiger charge is 2.23. The molecule has 0 saturated heterocycles. The second-order valence-electron chi connectivity index (χ2n) is 14.1. The third kappa shape index (κ3) is 4.98. The van der Waals surface area contributed by atoms with Crippen LogP contribution in [0.15, 0.2) is 211 Å². The first-order valence-electron chi connectivity index (χ1n) is 18.8. The molecule has 0 aliphatic heterocycles. The molecule has 11 rings (SSSR count). The molecule has 0 saturated carbocycles. The Kier molecular flexibility index (Phi) is 7.17. The molecule has 0 fully saturated rings. The summed E-state index contributed by atoms with van der Waals surface area (Å²) in [7, 11) is 0. The maximum atomic E-state index is 6.60. The van der Waals surface area contributed by atoms with Crippen molar-refractivity contribution >= 4 is 71.6 Å². The fourth-order valence-corrected chi connectivity index (χ4v) is 8.55. The lowest BCUT2D eigenvalue weighted by molar-refractivity contribution is 0.670. The van der Waals surface area contributed by atoms with Crippen molar-refractivity contribution in [3.8, 4) is 27.9 Å². The van der Waals surface area contributed by atoms with Crippen molar-refractivity contribution in [2.24, 2.45) is 0 Å². The van der Waals surface area contributed by atoms with Crippen molar-refractivity contribution in [1.82, 2.24) is 4.57 Å². The number of furan rings is 1. The maximum Gasteiger partial charge on any atom is 0.143 e. The molecule has 0 radical (unpaired) electrons. The van der Waals surface area contributed by atoms with Gasteiger partial charge in [-0.15, -0.1) is 0 Å². The van der Waals surface area contributed by atoms with Gasteiger partial charge in [-0.25, -0.2) is 0 Å². The monoisotopic (exact) mass is 702 g/mol. The summed E-state index contributed by atoms with van der Waals surface area (Å²) in [5, 5.41) is 7.05. The van der Waals surface area contributed by atoms with E-state index in [0.717, 1.165) is 66.8 Å². The first-order valence-corrected chi connectivity index (χ1v) is 18.8. The molecule has 3 nitrogen and oxygen atoms in total. The van der Waals surface area contributed by atoms with Gasteiger partial charge in [-0.05, 0) is 53.4 Å². The topological polar surface area (TPSA) is 21.3 Å². The van der Waals surface area contributed by atoms with Crippen LogP contribution in [0, 0.1) is 0 Å². The third-order valence-corrected chi connectivity index (χ3v) is 11.0. The molecule has 9 aromatic carbocycles. The molecule has 55 heavy (non-hydrogen) atoms. The lowest BCUT2D eigenvalue weighted by Gasteiger charge is -2.29. The molecule has 11 aromatic rings. The average molecular weight is 703 g/mol. The van der Waals surface area contributed by atoms with Gasteiger partial charge in [0.05, 0.1) is 28.1 Å². The van der Waals surface area contributed by atoms with Gasteiger partial charge in [-0.3, -0.25) is 0 Å². The molecule has 0 amide bonds.